The van der Waals surface area contributed by atoms with E-state index in [2.05, 4.69) is 15.3 Å². The molecule has 0 aliphatic carbocycles. The summed E-state index contributed by atoms with van der Waals surface area (Å²) in [5.74, 6) is 0.706. The van der Waals surface area contributed by atoms with Gasteiger partial charge in [-0.1, -0.05) is 60.3 Å². The van der Waals surface area contributed by atoms with Gasteiger partial charge in [-0.25, -0.2) is 4.98 Å². The number of carbonyl (C=O) groups is 1. The second-order valence-corrected chi connectivity index (χ2v) is 7.94. The van der Waals surface area contributed by atoms with Crippen LogP contribution >= 0.6 is 11.8 Å². The quantitative estimate of drug-likeness (QED) is 0.399. The highest BCUT2D eigenvalue weighted by molar-refractivity contribution is 7.98. The molecule has 1 aromatic heterocycles. The summed E-state index contributed by atoms with van der Waals surface area (Å²) in [4.78, 5) is 20.4. The third kappa shape index (κ3) is 5.09. The summed E-state index contributed by atoms with van der Waals surface area (Å²) in [6.45, 7) is 1.05. The van der Waals surface area contributed by atoms with Gasteiger partial charge in [0, 0.05) is 25.0 Å². The van der Waals surface area contributed by atoms with Crippen molar-refractivity contribution in [3.63, 3.8) is 0 Å². The average molecular weight is 418 g/mol. The van der Waals surface area contributed by atoms with Crippen molar-refractivity contribution in [2.24, 2.45) is 0 Å². The van der Waals surface area contributed by atoms with Crippen molar-refractivity contribution in [3.8, 4) is 0 Å². The van der Waals surface area contributed by atoms with E-state index in [4.69, 9.17) is 4.74 Å². The molecular weight excluding hydrogens is 394 g/mol. The molecule has 0 aliphatic rings. The SMILES string of the molecule is COCc1cccc(CNC(=O)c2ccc(CSc3nc4ccccc4[nH]3)cc2)c1. The number of thioether (sulfide) groups is 1. The van der Waals surface area contributed by atoms with E-state index < -0.39 is 0 Å². The standard InChI is InChI=1S/C24H23N3O2S/c1-29-15-19-6-4-5-18(13-19)14-25-23(28)20-11-9-17(10-12-20)16-30-24-26-21-7-2-3-8-22(21)27-24/h2-13H,14-16H2,1H3,(H,25,28)(H,26,27). The lowest BCUT2D eigenvalue weighted by Gasteiger charge is -2.08. The molecule has 0 saturated carbocycles. The zero-order chi connectivity index (χ0) is 20.8. The number of methoxy groups -OCH3 is 1. The van der Waals surface area contributed by atoms with Crippen LogP contribution in [-0.2, 0) is 23.6 Å². The Morgan fingerprint density at radius 3 is 2.60 bits per heavy atom. The van der Waals surface area contributed by atoms with Crippen LogP contribution in [-0.4, -0.2) is 23.0 Å². The van der Waals surface area contributed by atoms with E-state index >= 15 is 0 Å². The van der Waals surface area contributed by atoms with Gasteiger partial charge in [-0.2, -0.15) is 0 Å². The van der Waals surface area contributed by atoms with Crippen LogP contribution < -0.4 is 5.32 Å². The number of aromatic amines is 1. The first kappa shape index (κ1) is 20.2. The molecule has 0 aliphatic heterocycles. The molecule has 0 fully saturated rings. The molecule has 4 rings (SSSR count). The van der Waals surface area contributed by atoms with Gasteiger partial charge in [-0.3, -0.25) is 4.79 Å². The van der Waals surface area contributed by atoms with Crippen LogP contribution in [0, 0.1) is 0 Å². The number of benzene rings is 3. The Bertz CT molecular complexity index is 1110. The minimum atomic E-state index is -0.0800. The number of aromatic nitrogens is 2. The minimum Gasteiger partial charge on any atom is -0.380 e. The highest BCUT2D eigenvalue weighted by Gasteiger charge is 2.07. The van der Waals surface area contributed by atoms with E-state index in [-0.39, 0.29) is 5.91 Å². The first-order chi connectivity index (χ1) is 14.7. The second-order valence-electron chi connectivity index (χ2n) is 6.98. The molecule has 0 atom stereocenters. The Labute approximate surface area is 179 Å². The van der Waals surface area contributed by atoms with E-state index in [1.807, 2.05) is 72.8 Å². The molecule has 0 radical (unpaired) electrons. The van der Waals surface area contributed by atoms with Gasteiger partial charge in [0.25, 0.3) is 5.91 Å². The second kappa shape index (κ2) is 9.61. The van der Waals surface area contributed by atoms with Crippen molar-refractivity contribution in [2.45, 2.75) is 24.1 Å². The number of H-pyrrole nitrogens is 1. The fourth-order valence-corrected chi connectivity index (χ4v) is 4.02. The van der Waals surface area contributed by atoms with Crippen LogP contribution in [0.25, 0.3) is 11.0 Å². The molecule has 5 nitrogen and oxygen atoms in total. The largest absolute Gasteiger partial charge is 0.380 e. The first-order valence-corrected chi connectivity index (χ1v) is 10.7. The Morgan fingerprint density at radius 1 is 1.00 bits per heavy atom. The van der Waals surface area contributed by atoms with E-state index in [0.717, 1.165) is 38.6 Å². The molecule has 1 heterocycles. The van der Waals surface area contributed by atoms with Crippen LogP contribution in [0.5, 0.6) is 0 Å². The van der Waals surface area contributed by atoms with Gasteiger partial charge in [0.1, 0.15) is 0 Å². The summed E-state index contributed by atoms with van der Waals surface area (Å²) >= 11 is 1.65. The summed E-state index contributed by atoms with van der Waals surface area (Å²) in [6.07, 6.45) is 0. The van der Waals surface area contributed by atoms with Crippen molar-refractivity contribution >= 4 is 28.7 Å². The number of imidazole rings is 1. The molecule has 30 heavy (non-hydrogen) atoms. The van der Waals surface area contributed by atoms with Crippen LogP contribution in [0.15, 0.2) is 78.0 Å². The fourth-order valence-electron chi connectivity index (χ4n) is 3.18. The lowest BCUT2D eigenvalue weighted by molar-refractivity contribution is 0.0951. The van der Waals surface area contributed by atoms with Crippen molar-refractivity contribution in [2.75, 3.05) is 7.11 Å². The monoisotopic (exact) mass is 417 g/mol. The third-order valence-electron chi connectivity index (χ3n) is 4.71. The van der Waals surface area contributed by atoms with Gasteiger partial charge in [0.05, 0.1) is 17.6 Å². The molecule has 0 spiro atoms. The molecule has 2 N–H and O–H groups in total. The Balaban J connectivity index is 1.31. The number of carbonyl (C=O) groups excluding carboxylic acids is 1. The number of nitrogens with one attached hydrogen (secondary N) is 2. The zero-order valence-corrected chi connectivity index (χ0v) is 17.5. The fraction of sp³-hybridized carbons (Fsp3) is 0.167. The predicted molar refractivity (Wildman–Crippen MR) is 120 cm³/mol. The van der Waals surface area contributed by atoms with Gasteiger partial charge in [-0.05, 0) is 41.0 Å². The number of hydrogen-bond acceptors (Lipinski definition) is 4. The highest BCUT2D eigenvalue weighted by atomic mass is 32.2. The lowest BCUT2D eigenvalue weighted by Crippen LogP contribution is -2.22. The minimum absolute atomic E-state index is 0.0800. The average Bonchev–Trinajstić information content (AvgIpc) is 3.20. The number of fused-ring (bicyclic) bond motifs is 1. The number of amides is 1. The number of para-hydroxylation sites is 2. The van der Waals surface area contributed by atoms with Gasteiger partial charge in [0.15, 0.2) is 5.16 Å². The van der Waals surface area contributed by atoms with Crippen LogP contribution in [0.1, 0.15) is 27.0 Å². The van der Waals surface area contributed by atoms with E-state index in [9.17, 15) is 4.79 Å². The van der Waals surface area contributed by atoms with Crippen molar-refractivity contribution in [3.05, 3.63) is 95.1 Å². The summed E-state index contributed by atoms with van der Waals surface area (Å²) in [7, 11) is 1.67. The number of rotatable bonds is 8. The normalized spacial score (nSPS) is 11.0. The number of ether oxygens (including phenoxy) is 1. The lowest BCUT2D eigenvalue weighted by atomic mass is 10.1. The Hall–Kier alpha value is -3.09. The molecular formula is C24H23N3O2S. The number of nitrogens with zero attached hydrogens (tertiary/aromatic N) is 1. The van der Waals surface area contributed by atoms with Crippen LogP contribution in [0.2, 0.25) is 0 Å². The van der Waals surface area contributed by atoms with Gasteiger partial charge in [0.2, 0.25) is 0 Å². The maximum atomic E-state index is 12.5. The van der Waals surface area contributed by atoms with Gasteiger partial charge in [-0.15, -0.1) is 0 Å². The highest BCUT2D eigenvalue weighted by Crippen LogP contribution is 2.23. The van der Waals surface area contributed by atoms with Crippen molar-refractivity contribution in [1.82, 2.24) is 15.3 Å². The van der Waals surface area contributed by atoms with E-state index in [1.165, 1.54) is 0 Å². The first-order valence-electron chi connectivity index (χ1n) is 9.73. The molecule has 0 unspecified atom stereocenters. The molecule has 0 saturated heterocycles. The topological polar surface area (TPSA) is 67.0 Å². The van der Waals surface area contributed by atoms with Crippen molar-refractivity contribution < 1.29 is 9.53 Å². The maximum absolute atomic E-state index is 12.5. The van der Waals surface area contributed by atoms with Crippen LogP contribution in [0.4, 0.5) is 0 Å². The zero-order valence-electron chi connectivity index (χ0n) is 16.7. The van der Waals surface area contributed by atoms with Crippen molar-refractivity contribution in [1.29, 1.82) is 0 Å². The maximum Gasteiger partial charge on any atom is 0.251 e. The molecule has 0 bridgehead atoms. The summed E-state index contributed by atoms with van der Waals surface area (Å²) in [5, 5.41) is 3.87. The smallest absolute Gasteiger partial charge is 0.251 e. The Morgan fingerprint density at radius 2 is 1.80 bits per heavy atom. The molecule has 152 valence electrons. The summed E-state index contributed by atoms with van der Waals surface area (Å²) in [6, 6.07) is 23.7. The van der Waals surface area contributed by atoms with E-state index in [1.54, 1.807) is 18.9 Å². The van der Waals surface area contributed by atoms with E-state index in [0.29, 0.717) is 18.7 Å². The molecule has 3 aromatic carbocycles. The molecule has 1 amide bonds. The Kier molecular flexibility index (Phi) is 6.47. The number of hydrogen-bond donors (Lipinski definition) is 2. The molecule has 6 heteroatoms. The van der Waals surface area contributed by atoms with Gasteiger partial charge >= 0.3 is 0 Å². The summed E-state index contributed by atoms with van der Waals surface area (Å²) in [5.41, 5.74) is 5.96. The van der Waals surface area contributed by atoms with Crippen LogP contribution in [0.3, 0.4) is 0 Å². The third-order valence-corrected chi connectivity index (χ3v) is 5.66. The molecule has 4 aromatic rings. The van der Waals surface area contributed by atoms with Gasteiger partial charge < -0.3 is 15.0 Å². The summed E-state index contributed by atoms with van der Waals surface area (Å²) < 4.78 is 5.16. The predicted octanol–water partition coefficient (Wildman–Crippen LogP) is 4.93.